The molecule has 0 bridgehead atoms. The van der Waals surface area contributed by atoms with Gasteiger partial charge in [0.15, 0.2) is 0 Å². The van der Waals surface area contributed by atoms with E-state index in [1.165, 1.54) is 10.8 Å². The third-order valence-corrected chi connectivity index (χ3v) is 3.08. The zero-order chi connectivity index (χ0) is 13.8. The molecule has 0 fully saturated rings. The third-order valence-electron chi connectivity index (χ3n) is 3.08. The van der Waals surface area contributed by atoms with Crippen molar-refractivity contribution in [1.29, 1.82) is 0 Å². The molecule has 4 heteroatoms. The number of anilines is 3. The molecule has 0 aliphatic carbocycles. The van der Waals surface area contributed by atoms with Crippen molar-refractivity contribution in [2.24, 2.45) is 0 Å². The molecule has 20 heavy (non-hydrogen) atoms. The summed E-state index contributed by atoms with van der Waals surface area (Å²) in [4.78, 5) is 8.43. The Hall–Kier alpha value is -2.62. The fourth-order valence-electron chi connectivity index (χ4n) is 2.18. The van der Waals surface area contributed by atoms with E-state index in [4.69, 9.17) is 0 Å². The highest BCUT2D eigenvalue weighted by atomic mass is 15.1. The molecule has 0 amide bonds. The molecule has 0 atom stereocenters. The zero-order valence-electron chi connectivity index (χ0n) is 11.3. The predicted molar refractivity (Wildman–Crippen MR) is 83.4 cm³/mol. The van der Waals surface area contributed by atoms with Crippen molar-refractivity contribution < 1.29 is 0 Å². The van der Waals surface area contributed by atoms with E-state index in [1.54, 1.807) is 6.33 Å². The van der Waals surface area contributed by atoms with Gasteiger partial charge in [-0.15, -0.1) is 0 Å². The Morgan fingerprint density at radius 2 is 1.75 bits per heavy atom. The summed E-state index contributed by atoms with van der Waals surface area (Å²) in [6.07, 6.45) is 1.56. The Bertz CT molecular complexity index is 719. The van der Waals surface area contributed by atoms with Gasteiger partial charge >= 0.3 is 0 Å². The normalized spacial score (nSPS) is 10.4. The van der Waals surface area contributed by atoms with Crippen LogP contribution < -0.4 is 10.6 Å². The van der Waals surface area contributed by atoms with Gasteiger partial charge in [0.1, 0.15) is 18.0 Å². The fraction of sp³-hybridized carbons (Fsp3) is 0.125. The van der Waals surface area contributed by atoms with Crippen LogP contribution in [0.5, 0.6) is 0 Å². The van der Waals surface area contributed by atoms with E-state index in [2.05, 4.69) is 44.9 Å². The minimum Gasteiger partial charge on any atom is -0.370 e. The first kappa shape index (κ1) is 12.4. The first-order chi connectivity index (χ1) is 9.86. The Balaban J connectivity index is 1.95. The highest BCUT2D eigenvalue weighted by Gasteiger charge is 2.02. The molecule has 1 aromatic heterocycles. The minimum atomic E-state index is 0.785. The van der Waals surface area contributed by atoms with E-state index in [1.807, 2.05) is 31.2 Å². The maximum Gasteiger partial charge on any atom is 0.135 e. The number of aromatic nitrogens is 2. The van der Waals surface area contributed by atoms with Crippen LogP contribution in [0.3, 0.4) is 0 Å². The maximum absolute atomic E-state index is 4.26. The smallest absolute Gasteiger partial charge is 0.135 e. The summed E-state index contributed by atoms with van der Waals surface area (Å²) < 4.78 is 0. The topological polar surface area (TPSA) is 49.8 Å². The number of hydrogen-bond acceptors (Lipinski definition) is 4. The molecule has 100 valence electrons. The van der Waals surface area contributed by atoms with Gasteiger partial charge in [0.05, 0.1) is 0 Å². The van der Waals surface area contributed by atoms with Gasteiger partial charge < -0.3 is 10.6 Å². The van der Waals surface area contributed by atoms with Crippen LogP contribution >= 0.6 is 0 Å². The summed E-state index contributed by atoms with van der Waals surface area (Å²) in [5.74, 6) is 1.61. The van der Waals surface area contributed by atoms with Crippen molar-refractivity contribution >= 4 is 28.1 Å². The molecular formula is C16H16N4. The monoisotopic (exact) mass is 264 g/mol. The second-order valence-corrected chi connectivity index (χ2v) is 4.47. The summed E-state index contributed by atoms with van der Waals surface area (Å²) >= 11 is 0. The average Bonchev–Trinajstić information content (AvgIpc) is 2.48. The van der Waals surface area contributed by atoms with Crippen LogP contribution in [0.2, 0.25) is 0 Å². The van der Waals surface area contributed by atoms with Gasteiger partial charge in [-0.2, -0.15) is 0 Å². The largest absolute Gasteiger partial charge is 0.370 e. The van der Waals surface area contributed by atoms with Crippen LogP contribution in [0, 0.1) is 0 Å². The number of benzene rings is 2. The number of hydrogen-bond donors (Lipinski definition) is 2. The lowest BCUT2D eigenvalue weighted by atomic mass is 10.1. The lowest BCUT2D eigenvalue weighted by Gasteiger charge is -2.10. The lowest BCUT2D eigenvalue weighted by molar-refractivity contribution is 1.11. The van der Waals surface area contributed by atoms with E-state index in [9.17, 15) is 0 Å². The molecule has 3 rings (SSSR count). The molecule has 1 heterocycles. The number of nitrogens with one attached hydrogen (secondary N) is 2. The highest BCUT2D eigenvalue weighted by molar-refractivity contribution is 5.95. The molecule has 0 aliphatic rings. The Morgan fingerprint density at radius 3 is 2.65 bits per heavy atom. The molecule has 2 N–H and O–H groups in total. The summed E-state index contributed by atoms with van der Waals surface area (Å²) in [6, 6.07) is 16.4. The van der Waals surface area contributed by atoms with Gasteiger partial charge in [-0.05, 0) is 18.4 Å². The maximum atomic E-state index is 4.26. The molecule has 0 aliphatic heterocycles. The van der Waals surface area contributed by atoms with Gasteiger partial charge in [0.2, 0.25) is 0 Å². The van der Waals surface area contributed by atoms with Crippen molar-refractivity contribution in [2.45, 2.75) is 6.92 Å². The number of fused-ring (bicyclic) bond motifs is 1. The van der Waals surface area contributed by atoms with Crippen LogP contribution in [0.1, 0.15) is 6.92 Å². The second-order valence-electron chi connectivity index (χ2n) is 4.47. The van der Waals surface area contributed by atoms with Crippen LogP contribution in [-0.2, 0) is 0 Å². The predicted octanol–water partition coefficient (Wildman–Crippen LogP) is 3.81. The van der Waals surface area contributed by atoms with Crippen molar-refractivity contribution in [2.75, 3.05) is 17.2 Å². The molecule has 0 spiro atoms. The highest BCUT2D eigenvalue weighted by Crippen LogP contribution is 2.25. The van der Waals surface area contributed by atoms with E-state index < -0.39 is 0 Å². The van der Waals surface area contributed by atoms with Gasteiger partial charge in [0.25, 0.3) is 0 Å². The Kier molecular flexibility index (Phi) is 3.46. The van der Waals surface area contributed by atoms with Crippen LogP contribution in [-0.4, -0.2) is 16.5 Å². The third kappa shape index (κ3) is 2.54. The van der Waals surface area contributed by atoms with Crippen molar-refractivity contribution in [3.63, 3.8) is 0 Å². The zero-order valence-corrected chi connectivity index (χ0v) is 11.3. The average molecular weight is 264 g/mol. The fourth-order valence-corrected chi connectivity index (χ4v) is 2.18. The first-order valence-electron chi connectivity index (χ1n) is 6.67. The summed E-state index contributed by atoms with van der Waals surface area (Å²) in [6.45, 7) is 2.88. The Labute approximate surface area is 117 Å². The van der Waals surface area contributed by atoms with Crippen molar-refractivity contribution in [3.05, 3.63) is 54.9 Å². The summed E-state index contributed by atoms with van der Waals surface area (Å²) in [7, 11) is 0. The Morgan fingerprint density at radius 1 is 0.950 bits per heavy atom. The van der Waals surface area contributed by atoms with E-state index >= 15 is 0 Å². The first-order valence-corrected chi connectivity index (χ1v) is 6.67. The molecule has 0 saturated carbocycles. The molecule has 0 unspecified atom stereocenters. The lowest BCUT2D eigenvalue weighted by Crippen LogP contribution is -2.01. The minimum absolute atomic E-state index is 0.785. The molecule has 3 aromatic rings. The summed E-state index contributed by atoms with van der Waals surface area (Å²) in [5.41, 5.74) is 1.05. The molecule has 0 radical (unpaired) electrons. The van der Waals surface area contributed by atoms with E-state index in [0.29, 0.717) is 0 Å². The van der Waals surface area contributed by atoms with Crippen molar-refractivity contribution in [3.8, 4) is 0 Å². The van der Waals surface area contributed by atoms with Crippen LogP contribution in [0.15, 0.2) is 54.9 Å². The molecule has 0 saturated heterocycles. The molecular weight excluding hydrogens is 248 g/mol. The van der Waals surface area contributed by atoms with E-state index in [-0.39, 0.29) is 0 Å². The quantitative estimate of drug-likeness (QED) is 0.752. The standard InChI is InChI=1S/C16H16N4/c1-2-17-15-10-16(19-11-18-15)20-14-9-5-7-12-6-3-4-8-13(12)14/h3-11H,2H2,1H3,(H2,17,18,19,20). The van der Waals surface area contributed by atoms with Crippen molar-refractivity contribution in [1.82, 2.24) is 9.97 Å². The second kappa shape index (κ2) is 5.57. The number of rotatable bonds is 4. The van der Waals surface area contributed by atoms with E-state index in [0.717, 1.165) is 23.9 Å². The van der Waals surface area contributed by atoms with Gasteiger partial charge in [0, 0.05) is 23.7 Å². The van der Waals surface area contributed by atoms with Gasteiger partial charge in [-0.25, -0.2) is 9.97 Å². The van der Waals surface area contributed by atoms with Gasteiger partial charge in [-0.3, -0.25) is 0 Å². The van der Waals surface area contributed by atoms with Crippen LogP contribution in [0.4, 0.5) is 17.3 Å². The van der Waals surface area contributed by atoms with Crippen LogP contribution in [0.25, 0.3) is 10.8 Å². The molecule has 2 aromatic carbocycles. The summed E-state index contributed by atoms with van der Waals surface area (Å²) in [5, 5.41) is 8.92. The number of nitrogens with zero attached hydrogens (tertiary/aromatic N) is 2. The van der Waals surface area contributed by atoms with Gasteiger partial charge in [-0.1, -0.05) is 36.4 Å². The molecule has 4 nitrogen and oxygen atoms in total. The SMILES string of the molecule is CCNc1cc(Nc2cccc3ccccc23)ncn1.